The lowest BCUT2D eigenvalue weighted by atomic mass is 10.1. The van der Waals surface area contributed by atoms with Crippen LogP contribution in [-0.4, -0.2) is 49.7 Å². The van der Waals surface area contributed by atoms with Gasteiger partial charge >= 0.3 is 5.88 Å². The van der Waals surface area contributed by atoms with E-state index in [0.717, 1.165) is 6.54 Å². The van der Waals surface area contributed by atoms with Gasteiger partial charge in [0, 0.05) is 13.1 Å². The van der Waals surface area contributed by atoms with Gasteiger partial charge in [0.2, 0.25) is 0 Å². The molecule has 7 heteroatoms. The molecular formula is C11H17N3O4. The van der Waals surface area contributed by atoms with Crippen LogP contribution in [0.2, 0.25) is 0 Å². The van der Waals surface area contributed by atoms with Crippen molar-refractivity contribution in [3.63, 3.8) is 0 Å². The third kappa shape index (κ3) is 2.53. The summed E-state index contributed by atoms with van der Waals surface area (Å²) in [6, 6.07) is 2.94. The summed E-state index contributed by atoms with van der Waals surface area (Å²) < 4.78 is 11.0. The first-order valence-electron chi connectivity index (χ1n) is 5.84. The normalized spacial score (nSPS) is 25.2. The van der Waals surface area contributed by atoms with E-state index in [2.05, 4.69) is 10.2 Å². The van der Waals surface area contributed by atoms with Gasteiger partial charge in [-0.2, -0.15) is 0 Å². The van der Waals surface area contributed by atoms with Crippen LogP contribution in [0, 0.1) is 10.1 Å². The summed E-state index contributed by atoms with van der Waals surface area (Å²) in [6.07, 6.45) is -0.0699. The molecule has 100 valence electrons. The van der Waals surface area contributed by atoms with Gasteiger partial charge in [-0.3, -0.25) is 15.0 Å². The summed E-state index contributed by atoms with van der Waals surface area (Å²) in [7, 11) is 3.81. The Morgan fingerprint density at radius 2 is 2.39 bits per heavy atom. The highest BCUT2D eigenvalue weighted by molar-refractivity contribution is 5.21. The van der Waals surface area contributed by atoms with Gasteiger partial charge in [-0.15, -0.1) is 0 Å². The Hall–Kier alpha value is -1.44. The molecule has 1 fully saturated rings. The van der Waals surface area contributed by atoms with E-state index in [1.807, 2.05) is 14.1 Å². The van der Waals surface area contributed by atoms with Crippen molar-refractivity contribution in [1.29, 1.82) is 0 Å². The second-order valence-corrected chi connectivity index (χ2v) is 4.33. The van der Waals surface area contributed by atoms with Crippen molar-refractivity contribution in [2.45, 2.75) is 12.1 Å². The fourth-order valence-electron chi connectivity index (χ4n) is 2.23. The number of ether oxygens (including phenoxy) is 1. The maximum absolute atomic E-state index is 10.6. The molecule has 0 aromatic carbocycles. The third-order valence-electron chi connectivity index (χ3n) is 3.09. The predicted octanol–water partition coefficient (Wildman–Crippen LogP) is 0.779. The summed E-state index contributed by atoms with van der Waals surface area (Å²) >= 11 is 0. The van der Waals surface area contributed by atoms with Crippen molar-refractivity contribution >= 4 is 5.88 Å². The minimum atomic E-state index is -0.528. The SMILES string of the molecule is CNCC1OCCN(C)C1c1ccc([N+](=O)[O-])o1. The number of morpholine rings is 1. The second-order valence-electron chi connectivity index (χ2n) is 4.33. The Labute approximate surface area is 105 Å². The van der Waals surface area contributed by atoms with E-state index in [1.54, 1.807) is 6.07 Å². The van der Waals surface area contributed by atoms with Gasteiger partial charge in [-0.1, -0.05) is 0 Å². The van der Waals surface area contributed by atoms with Gasteiger partial charge in [-0.25, -0.2) is 0 Å². The lowest BCUT2D eigenvalue weighted by Gasteiger charge is -2.37. The Balaban J connectivity index is 2.22. The van der Waals surface area contributed by atoms with E-state index in [4.69, 9.17) is 9.15 Å². The van der Waals surface area contributed by atoms with E-state index in [0.29, 0.717) is 18.9 Å². The molecule has 2 unspecified atom stereocenters. The third-order valence-corrected chi connectivity index (χ3v) is 3.09. The molecule has 1 aromatic heterocycles. The second kappa shape index (κ2) is 5.47. The predicted molar refractivity (Wildman–Crippen MR) is 64.4 cm³/mol. The maximum atomic E-state index is 10.6. The van der Waals surface area contributed by atoms with Gasteiger partial charge in [-0.05, 0) is 20.2 Å². The van der Waals surface area contributed by atoms with Crippen LogP contribution in [0.5, 0.6) is 0 Å². The van der Waals surface area contributed by atoms with E-state index >= 15 is 0 Å². The first-order valence-corrected chi connectivity index (χ1v) is 5.84. The van der Waals surface area contributed by atoms with Crippen LogP contribution in [0.15, 0.2) is 16.5 Å². The van der Waals surface area contributed by atoms with Crippen LogP contribution in [0.3, 0.4) is 0 Å². The molecule has 1 saturated heterocycles. The van der Waals surface area contributed by atoms with Gasteiger partial charge < -0.3 is 14.5 Å². The lowest BCUT2D eigenvalue weighted by Crippen LogP contribution is -2.46. The van der Waals surface area contributed by atoms with Crippen molar-refractivity contribution in [2.24, 2.45) is 0 Å². The fourth-order valence-corrected chi connectivity index (χ4v) is 2.23. The van der Waals surface area contributed by atoms with Crippen LogP contribution in [0.1, 0.15) is 11.8 Å². The number of likely N-dealkylation sites (N-methyl/N-ethyl adjacent to an activating group) is 2. The highest BCUT2D eigenvalue weighted by Gasteiger charge is 2.34. The van der Waals surface area contributed by atoms with Gasteiger partial charge in [0.05, 0.1) is 24.8 Å². The number of nitrogens with zero attached hydrogens (tertiary/aromatic N) is 2. The summed E-state index contributed by atoms with van der Waals surface area (Å²) in [5.74, 6) is 0.344. The minimum absolute atomic E-state index is 0.0699. The van der Waals surface area contributed by atoms with E-state index in [-0.39, 0.29) is 18.0 Å². The molecule has 1 N–H and O–H groups in total. The Morgan fingerprint density at radius 3 is 3.00 bits per heavy atom. The van der Waals surface area contributed by atoms with Gasteiger partial charge in [0.1, 0.15) is 10.7 Å². The van der Waals surface area contributed by atoms with Crippen molar-refractivity contribution in [2.75, 3.05) is 33.8 Å². The van der Waals surface area contributed by atoms with Crippen molar-refractivity contribution in [3.8, 4) is 0 Å². The zero-order valence-corrected chi connectivity index (χ0v) is 10.5. The molecule has 0 radical (unpaired) electrons. The molecule has 1 aromatic rings. The van der Waals surface area contributed by atoms with Crippen LogP contribution in [0.25, 0.3) is 0 Å². The summed E-state index contributed by atoms with van der Waals surface area (Å²) in [5, 5.41) is 13.7. The molecule has 0 aliphatic carbocycles. The number of rotatable bonds is 4. The zero-order valence-electron chi connectivity index (χ0n) is 10.5. The maximum Gasteiger partial charge on any atom is 0.433 e. The first-order chi connectivity index (χ1) is 8.63. The molecular weight excluding hydrogens is 238 g/mol. The molecule has 7 nitrogen and oxygen atoms in total. The monoisotopic (exact) mass is 255 g/mol. The number of nitro groups is 1. The Morgan fingerprint density at radius 1 is 1.61 bits per heavy atom. The quantitative estimate of drug-likeness (QED) is 0.632. The van der Waals surface area contributed by atoms with Crippen LogP contribution >= 0.6 is 0 Å². The highest BCUT2D eigenvalue weighted by Crippen LogP contribution is 2.31. The molecule has 0 amide bonds. The molecule has 18 heavy (non-hydrogen) atoms. The van der Waals surface area contributed by atoms with E-state index in [9.17, 15) is 10.1 Å². The molecule has 1 aliphatic rings. The molecule has 2 atom stereocenters. The van der Waals surface area contributed by atoms with Crippen LogP contribution < -0.4 is 5.32 Å². The van der Waals surface area contributed by atoms with E-state index < -0.39 is 4.92 Å². The standard InChI is InChI=1S/C11H17N3O4/c1-12-7-9-11(13(2)5-6-17-9)8-3-4-10(18-8)14(15)16/h3-4,9,11-12H,5-7H2,1-2H3. The molecule has 0 spiro atoms. The number of hydrogen-bond donors (Lipinski definition) is 1. The van der Waals surface area contributed by atoms with Crippen LogP contribution in [0.4, 0.5) is 5.88 Å². The summed E-state index contributed by atoms with van der Waals surface area (Å²) in [6.45, 7) is 2.10. The molecule has 2 heterocycles. The highest BCUT2D eigenvalue weighted by atomic mass is 16.6. The lowest BCUT2D eigenvalue weighted by molar-refractivity contribution is -0.402. The Bertz CT molecular complexity index is 418. The molecule has 0 bridgehead atoms. The topological polar surface area (TPSA) is 80.8 Å². The van der Waals surface area contributed by atoms with E-state index in [1.165, 1.54) is 6.07 Å². The summed E-state index contributed by atoms with van der Waals surface area (Å²) in [5.41, 5.74) is 0. The Kier molecular flexibility index (Phi) is 3.95. The minimum Gasteiger partial charge on any atom is -0.404 e. The van der Waals surface area contributed by atoms with Crippen molar-refractivity contribution < 1.29 is 14.1 Å². The molecule has 2 rings (SSSR count). The van der Waals surface area contributed by atoms with Crippen molar-refractivity contribution in [3.05, 3.63) is 28.0 Å². The van der Waals surface area contributed by atoms with Gasteiger partial charge in [0.25, 0.3) is 0 Å². The fraction of sp³-hybridized carbons (Fsp3) is 0.636. The zero-order chi connectivity index (χ0) is 13.1. The van der Waals surface area contributed by atoms with Gasteiger partial charge in [0.15, 0.2) is 0 Å². The molecule has 0 saturated carbocycles. The number of nitrogens with one attached hydrogen (secondary N) is 1. The summed E-state index contributed by atoms with van der Waals surface area (Å²) in [4.78, 5) is 12.2. The number of furan rings is 1. The molecule has 1 aliphatic heterocycles. The average Bonchev–Trinajstić information content (AvgIpc) is 2.79. The average molecular weight is 255 g/mol. The van der Waals surface area contributed by atoms with Crippen molar-refractivity contribution in [1.82, 2.24) is 10.2 Å². The van der Waals surface area contributed by atoms with Crippen LogP contribution in [-0.2, 0) is 4.74 Å². The largest absolute Gasteiger partial charge is 0.433 e. The smallest absolute Gasteiger partial charge is 0.404 e. The number of hydrogen-bond acceptors (Lipinski definition) is 6. The first kappa shape index (κ1) is 13.0.